The normalized spacial score (nSPS) is 19.4. The summed E-state index contributed by atoms with van der Waals surface area (Å²) in [4.78, 5) is 14.0. The van der Waals surface area contributed by atoms with Gasteiger partial charge in [-0.05, 0) is 31.2 Å². The summed E-state index contributed by atoms with van der Waals surface area (Å²) in [5.41, 5.74) is 5.64. The fourth-order valence-corrected chi connectivity index (χ4v) is 2.36. The van der Waals surface area contributed by atoms with Gasteiger partial charge in [-0.3, -0.25) is 4.79 Å². The van der Waals surface area contributed by atoms with Gasteiger partial charge in [-0.2, -0.15) is 0 Å². The highest BCUT2D eigenvalue weighted by Gasteiger charge is 2.23. The van der Waals surface area contributed by atoms with E-state index < -0.39 is 0 Å². The quantitative estimate of drug-likeness (QED) is 0.762. The molecule has 1 unspecified atom stereocenters. The van der Waals surface area contributed by atoms with Gasteiger partial charge in [-0.1, -0.05) is 13.3 Å². The third-order valence-electron chi connectivity index (χ3n) is 3.74. The average molecular weight is 242 g/mol. The molecule has 0 aromatic heterocycles. The molecule has 0 saturated carbocycles. The number of carbonyl (C=O) groups is 1. The minimum Gasteiger partial charge on any atom is -0.384 e. The maximum absolute atomic E-state index is 12.0. The van der Waals surface area contributed by atoms with E-state index in [4.69, 9.17) is 10.5 Å². The molecule has 1 rings (SSSR count). The molecule has 1 fully saturated rings. The lowest BCUT2D eigenvalue weighted by Crippen LogP contribution is -2.40. The van der Waals surface area contributed by atoms with Gasteiger partial charge in [0.05, 0.1) is 0 Å². The molecule has 0 aliphatic carbocycles. The number of carbonyl (C=O) groups excluding carboxylic acids is 1. The summed E-state index contributed by atoms with van der Waals surface area (Å²) in [6.45, 7) is 5.29. The Hall–Kier alpha value is -0.610. The van der Waals surface area contributed by atoms with Crippen molar-refractivity contribution in [3.05, 3.63) is 0 Å². The van der Waals surface area contributed by atoms with Gasteiger partial charge in [0, 0.05) is 33.2 Å². The van der Waals surface area contributed by atoms with E-state index in [1.165, 1.54) is 0 Å². The Balaban J connectivity index is 2.30. The molecule has 1 aliphatic heterocycles. The Morgan fingerprint density at radius 3 is 2.59 bits per heavy atom. The van der Waals surface area contributed by atoms with Crippen molar-refractivity contribution < 1.29 is 9.53 Å². The van der Waals surface area contributed by atoms with Crippen LogP contribution in [0.2, 0.25) is 0 Å². The van der Waals surface area contributed by atoms with Gasteiger partial charge < -0.3 is 15.4 Å². The fraction of sp³-hybridized carbons (Fsp3) is 0.923. The van der Waals surface area contributed by atoms with E-state index in [-0.39, 0.29) is 5.91 Å². The molecule has 4 nitrogen and oxygen atoms in total. The molecule has 100 valence electrons. The standard InChI is InChI=1S/C13H26N2O2/c1-3-11(9-14)8-13(16)15-6-4-12(5-7-15)10-17-2/h11-12H,3-10,14H2,1-2H3. The van der Waals surface area contributed by atoms with Crippen molar-refractivity contribution in [1.29, 1.82) is 0 Å². The van der Waals surface area contributed by atoms with Gasteiger partial charge >= 0.3 is 0 Å². The number of ether oxygens (including phenoxy) is 1. The van der Waals surface area contributed by atoms with Crippen LogP contribution in [0.5, 0.6) is 0 Å². The van der Waals surface area contributed by atoms with Crippen LogP contribution >= 0.6 is 0 Å². The van der Waals surface area contributed by atoms with Crippen molar-refractivity contribution in [2.75, 3.05) is 33.4 Å². The Bertz CT molecular complexity index is 221. The number of nitrogens with zero attached hydrogens (tertiary/aromatic N) is 1. The van der Waals surface area contributed by atoms with E-state index in [1.54, 1.807) is 7.11 Å². The Morgan fingerprint density at radius 1 is 1.47 bits per heavy atom. The number of hydrogen-bond donors (Lipinski definition) is 1. The Labute approximate surface area is 104 Å². The van der Waals surface area contributed by atoms with Gasteiger partial charge in [0.2, 0.25) is 5.91 Å². The van der Waals surface area contributed by atoms with Crippen LogP contribution in [0.4, 0.5) is 0 Å². The summed E-state index contributed by atoms with van der Waals surface area (Å²) in [5, 5.41) is 0. The van der Waals surface area contributed by atoms with Crippen molar-refractivity contribution in [3.63, 3.8) is 0 Å². The number of rotatable bonds is 6. The van der Waals surface area contributed by atoms with Gasteiger partial charge in [0.1, 0.15) is 0 Å². The van der Waals surface area contributed by atoms with Crippen LogP contribution in [0.25, 0.3) is 0 Å². The van der Waals surface area contributed by atoms with Gasteiger partial charge in [0.25, 0.3) is 0 Å². The first kappa shape index (κ1) is 14.5. The van der Waals surface area contributed by atoms with Gasteiger partial charge in [-0.25, -0.2) is 0 Å². The predicted octanol–water partition coefficient (Wildman–Crippen LogP) is 1.25. The van der Waals surface area contributed by atoms with E-state index in [0.717, 1.165) is 39.0 Å². The number of amides is 1. The molecule has 0 spiro atoms. The monoisotopic (exact) mass is 242 g/mol. The highest BCUT2D eigenvalue weighted by molar-refractivity contribution is 5.76. The zero-order valence-electron chi connectivity index (χ0n) is 11.2. The number of nitrogens with two attached hydrogens (primary N) is 1. The van der Waals surface area contributed by atoms with Crippen LogP contribution < -0.4 is 5.73 Å². The highest BCUT2D eigenvalue weighted by Crippen LogP contribution is 2.19. The second-order valence-electron chi connectivity index (χ2n) is 4.99. The highest BCUT2D eigenvalue weighted by atomic mass is 16.5. The zero-order chi connectivity index (χ0) is 12.7. The average Bonchev–Trinajstić information content (AvgIpc) is 2.37. The first-order valence-electron chi connectivity index (χ1n) is 6.68. The van der Waals surface area contributed by atoms with Crippen LogP contribution in [-0.2, 0) is 9.53 Å². The molecule has 4 heteroatoms. The molecular formula is C13H26N2O2. The summed E-state index contributed by atoms with van der Waals surface area (Å²) in [6, 6.07) is 0. The lowest BCUT2D eigenvalue weighted by Gasteiger charge is -2.32. The van der Waals surface area contributed by atoms with E-state index in [9.17, 15) is 4.79 Å². The van der Waals surface area contributed by atoms with Crippen LogP contribution in [0, 0.1) is 11.8 Å². The fourth-order valence-electron chi connectivity index (χ4n) is 2.36. The first-order chi connectivity index (χ1) is 8.21. The molecule has 1 amide bonds. The summed E-state index contributed by atoms with van der Waals surface area (Å²) in [5.74, 6) is 1.25. The SMILES string of the molecule is CCC(CN)CC(=O)N1CCC(COC)CC1. The van der Waals surface area contributed by atoms with Crippen molar-refractivity contribution in [1.82, 2.24) is 4.90 Å². The molecule has 1 heterocycles. The molecule has 1 aliphatic rings. The zero-order valence-corrected chi connectivity index (χ0v) is 11.2. The van der Waals surface area contributed by atoms with Crippen molar-refractivity contribution in [3.8, 4) is 0 Å². The largest absolute Gasteiger partial charge is 0.384 e. The Morgan fingerprint density at radius 2 is 2.12 bits per heavy atom. The van der Waals surface area contributed by atoms with Gasteiger partial charge in [0.15, 0.2) is 0 Å². The number of hydrogen-bond acceptors (Lipinski definition) is 3. The first-order valence-corrected chi connectivity index (χ1v) is 6.68. The van der Waals surface area contributed by atoms with Crippen molar-refractivity contribution in [2.24, 2.45) is 17.6 Å². The van der Waals surface area contributed by atoms with Crippen molar-refractivity contribution >= 4 is 5.91 Å². The van der Waals surface area contributed by atoms with Crippen LogP contribution in [0.3, 0.4) is 0 Å². The number of piperidine rings is 1. The molecule has 0 radical (unpaired) electrons. The molecule has 0 bridgehead atoms. The maximum Gasteiger partial charge on any atom is 0.222 e. The molecule has 1 atom stereocenters. The summed E-state index contributed by atoms with van der Waals surface area (Å²) in [7, 11) is 1.74. The smallest absolute Gasteiger partial charge is 0.222 e. The number of methoxy groups -OCH3 is 1. The second kappa shape index (κ2) is 7.67. The second-order valence-corrected chi connectivity index (χ2v) is 4.99. The van der Waals surface area contributed by atoms with E-state index in [2.05, 4.69) is 6.92 Å². The molecule has 0 aromatic rings. The molecular weight excluding hydrogens is 216 g/mol. The molecule has 17 heavy (non-hydrogen) atoms. The molecule has 1 saturated heterocycles. The molecule has 0 aromatic carbocycles. The van der Waals surface area contributed by atoms with E-state index in [1.807, 2.05) is 4.90 Å². The van der Waals surface area contributed by atoms with Crippen molar-refractivity contribution in [2.45, 2.75) is 32.6 Å². The predicted molar refractivity (Wildman–Crippen MR) is 68.6 cm³/mol. The topological polar surface area (TPSA) is 55.6 Å². The minimum absolute atomic E-state index is 0.276. The van der Waals surface area contributed by atoms with Crippen LogP contribution in [-0.4, -0.2) is 44.2 Å². The molecule has 2 N–H and O–H groups in total. The van der Waals surface area contributed by atoms with E-state index >= 15 is 0 Å². The third kappa shape index (κ3) is 4.64. The van der Waals surface area contributed by atoms with Crippen LogP contribution in [0.1, 0.15) is 32.6 Å². The van der Waals surface area contributed by atoms with E-state index in [0.29, 0.717) is 24.8 Å². The number of likely N-dealkylation sites (tertiary alicyclic amines) is 1. The summed E-state index contributed by atoms with van der Waals surface area (Å²) < 4.78 is 5.16. The minimum atomic E-state index is 0.276. The Kier molecular flexibility index (Phi) is 6.52. The maximum atomic E-state index is 12.0. The third-order valence-corrected chi connectivity index (χ3v) is 3.74. The summed E-state index contributed by atoms with van der Waals surface area (Å²) in [6.07, 6.45) is 3.74. The lowest BCUT2D eigenvalue weighted by molar-refractivity contribution is -0.133. The summed E-state index contributed by atoms with van der Waals surface area (Å²) >= 11 is 0. The van der Waals surface area contributed by atoms with Crippen LogP contribution in [0.15, 0.2) is 0 Å². The lowest BCUT2D eigenvalue weighted by atomic mass is 9.96. The van der Waals surface area contributed by atoms with Gasteiger partial charge in [-0.15, -0.1) is 0 Å².